The molecule has 0 N–H and O–H groups in total. The summed E-state index contributed by atoms with van der Waals surface area (Å²) in [5, 5.41) is 7.03. The average molecular weight is 1460 g/mol. The number of nitrogens with zero attached hydrogens (tertiary/aromatic N) is 1. The maximum Gasteiger partial charge on any atom is 0.144 e. The number of anilines is 3. The molecule has 19 aromatic rings. The summed E-state index contributed by atoms with van der Waals surface area (Å²) in [5.41, 5.74) is 47.7. The van der Waals surface area contributed by atoms with E-state index >= 15 is 0 Å². The third kappa shape index (κ3) is 6.97. The molecule has 0 atom stereocenters. The van der Waals surface area contributed by atoms with Crippen molar-refractivity contribution < 1.29 is 13.3 Å². The number of fused-ring (bicyclic) bond motifs is 46. The van der Waals surface area contributed by atoms with E-state index in [1.807, 2.05) is 0 Å². The van der Waals surface area contributed by atoms with Crippen LogP contribution in [0, 0.1) is 0 Å². The number of hydrogen-bond acceptors (Lipinski definition) is 4. The molecule has 0 fully saturated rings. The number of benzene rings is 16. The first kappa shape index (κ1) is 62.4. The van der Waals surface area contributed by atoms with Crippen LogP contribution in [0.15, 0.2) is 311 Å². The van der Waals surface area contributed by atoms with Gasteiger partial charge in [0.25, 0.3) is 0 Å². The van der Waals surface area contributed by atoms with E-state index in [0.29, 0.717) is 0 Å². The van der Waals surface area contributed by atoms with E-state index in [0.717, 1.165) is 66.7 Å². The van der Waals surface area contributed by atoms with Crippen LogP contribution in [-0.2, 0) is 32.5 Å². The summed E-state index contributed by atoms with van der Waals surface area (Å²) in [6.45, 7) is 19.7. The van der Waals surface area contributed by atoms with Crippen molar-refractivity contribution in [1.82, 2.24) is 0 Å². The Labute approximate surface area is 659 Å². The SMILES string of the molecule is CC1(C)c2cc(N(c3ccc4c(c3)C(C)(C)c3c5c(c6oc7ccccc7c6c3-4)-c3ccccc3C5(C)C)c3ccc4c(c3)C3(c5ccccc5-c5ccccc53)c3cc5c(cc3-4)C3(c4ccccc4-c4ccccc43)c3ccc4oc6ccccc6c4c3-5)ccc2-c2cc3c(cc21)-c1c(ccc2oc4ccccc4c12)C3(C)C. The molecule has 3 aromatic heterocycles. The van der Waals surface area contributed by atoms with E-state index < -0.39 is 21.7 Å². The Balaban J connectivity index is 0.719. The van der Waals surface area contributed by atoms with Crippen molar-refractivity contribution in [3.63, 3.8) is 0 Å². The fourth-order valence-corrected chi connectivity index (χ4v) is 24.7. The Morgan fingerprint density at radius 2 is 0.535 bits per heavy atom. The van der Waals surface area contributed by atoms with E-state index in [1.54, 1.807) is 0 Å². The largest absolute Gasteiger partial charge is 0.456 e. The highest BCUT2D eigenvalue weighted by Crippen LogP contribution is 2.71. The highest BCUT2D eigenvalue weighted by atomic mass is 16.3. The standard InChI is InChI=1S/C110H73NO3/c1-105(2)81-47-49-93-97(69-30-14-22-38-90(69)112-93)95(81)74-56-85-72(54-86(74)105)65-44-41-58(51-83(65)106(85,3)4)111(59-43-46-68-84(52-59)108(7,8)102-99(68)100-71-32-16-24-40-92(71)114-104(100)101-67-29-13-17-33-76(67)107(5,6)103(101)102)60-42-45-66-73-55-89-75(57-88(73)110(87(66)53-60)79-36-20-11-27-63(79)64-28-12-21-37-80(64)110)96-82(48-50-94-98(96)70-31-15-23-39-91(70)113-94)109(89)77-34-18-9-25-61(77)62-26-10-19-35-78(62)109/h9-57H,1-8H3. The molecule has 0 bridgehead atoms. The van der Waals surface area contributed by atoms with Crippen LogP contribution in [0.25, 0.3) is 155 Å². The minimum Gasteiger partial charge on any atom is -0.456 e. The van der Waals surface area contributed by atoms with Gasteiger partial charge in [0.05, 0.1) is 10.8 Å². The number of furan rings is 3. The van der Waals surface area contributed by atoms with E-state index in [4.69, 9.17) is 13.3 Å². The first-order chi connectivity index (χ1) is 55.6. The molecule has 27 rings (SSSR count). The third-order valence-electron chi connectivity index (χ3n) is 29.4. The van der Waals surface area contributed by atoms with Gasteiger partial charge in [-0.15, -0.1) is 0 Å². The molecule has 4 nitrogen and oxygen atoms in total. The summed E-state index contributed by atoms with van der Waals surface area (Å²) in [6.07, 6.45) is 0. The Morgan fingerprint density at radius 1 is 0.202 bits per heavy atom. The van der Waals surface area contributed by atoms with Gasteiger partial charge >= 0.3 is 0 Å². The van der Waals surface area contributed by atoms with Crippen LogP contribution in [0.4, 0.5) is 17.1 Å². The summed E-state index contributed by atoms with van der Waals surface area (Å²) in [5.74, 6) is 0. The second kappa shape index (κ2) is 20.3. The Kier molecular flexibility index (Phi) is 11.1. The highest BCUT2D eigenvalue weighted by Gasteiger charge is 2.58. The van der Waals surface area contributed by atoms with Gasteiger partial charge in [-0.05, 0) is 263 Å². The predicted octanol–water partition coefficient (Wildman–Crippen LogP) is 28.8. The lowest BCUT2D eigenvalue weighted by Crippen LogP contribution is -2.27. The maximum absolute atomic E-state index is 7.23. The summed E-state index contributed by atoms with van der Waals surface area (Å²) in [4.78, 5) is 2.63. The van der Waals surface area contributed by atoms with Crippen molar-refractivity contribution in [3.05, 3.63) is 386 Å². The van der Waals surface area contributed by atoms with Crippen LogP contribution in [0.3, 0.4) is 0 Å². The molecular weight excluding hydrogens is 1380 g/mol. The van der Waals surface area contributed by atoms with Crippen molar-refractivity contribution in [1.29, 1.82) is 0 Å². The Hall–Kier alpha value is -13.3. The van der Waals surface area contributed by atoms with E-state index in [-0.39, 0.29) is 10.8 Å². The zero-order chi connectivity index (χ0) is 75.5. The molecule has 2 spiro atoms. The van der Waals surface area contributed by atoms with Crippen LogP contribution in [0.5, 0.6) is 0 Å². The monoisotopic (exact) mass is 1460 g/mol. The van der Waals surface area contributed by atoms with Gasteiger partial charge in [0.1, 0.15) is 33.5 Å². The van der Waals surface area contributed by atoms with Gasteiger partial charge in [0.15, 0.2) is 0 Å². The van der Waals surface area contributed by atoms with Crippen LogP contribution in [0.2, 0.25) is 0 Å². The Morgan fingerprint density at radius 3 is 1.11 bits per heavy atom. The first-order valence-electron chi connectivity index (χ1n) is 40.6. The summed E-state index contributed by atoms with van der Waals surface area (Å²) in [6, 6.07) is 114. The molecule has 0 aliphatic heterocycles. The van der Waals surface area contributed by atoms with Crippen LogP contribution in [0.1, 0.15) is 144 Å². The molecular formula is C110H73NO3. The first-order valence-corrected chi connectivity index (χ1v) is 40.6. The fourth-order valence-electron chi connectivity index (χ4n) is 24.7. The molecule has 8 aliphatic rings. The molecule has 536 valence electrons. The minimum absolute atomic E-state index is 0.251. The quantitative estimate of drug-likeness (QED) is 0.177. The van der Waals surface area contributed by atoms with Gasteiger partial charge in [0.2, 0.25) is 0 Å². The smallest absolute Gasteiger partial charge is 0.144 e. The van der Waals surface area contributed by atoms with E-state index in [2.05, 4.69) is 358 Å². The molecule has 0 radical (unpaired) electrons. The zero-order valence-corrected chi connectivity index (χ0v) is 64.5. The van der Waals surface area contributed by atoms with Gasteiger partial charge < -0.3 is 18.2 Å². The topological polar surface area (TPSA) is 42.7 Å². The molecule has 0 saturated carbocycles. The lowest BCUT2D eigenvalue weighted by Gasteiger charge is -2.33. The molecule has 3 heterocycles. The normalized spacial score (nSPS) is 16.5. The fraction of sp³-hybridized carbons (Fsp3) is 0.127. The van der Waals surface area contributed by atoms with Crippen LogP contribution >= 0.6 is 0 Å². The van der Waals surface area contributed by atoms with Crippen molar-refractivity contribution in [2.75, 3.05) is 4.90 Å². The van der Waals surface area contributed by atoms with Crippen LogP contribution < -0.4 is 4.90 Å². The molecule has 16 aromatic carbocycles. The number of rotatable bonds is 3. The van der Waals surface area contributed by atoms with Gasteiger partial charge in [0, 0.05) is 76.6 Å². The van der Waals surface area contributed by atoms with E-state index in [1.165, 1.54) is 194 Å². The van der Waals surface area contributed by atoms with Gasteiger partial charge in [-0.25, -0.2) is 0 Å². The van der Waals surface area contributed by atoms with E-state index in [9.17, 15) is 0 Å². The van der Waals surface area contributed by atoms with Gasteiger partial charge in [-0.2, -0.15) is 0 Å². The summed E-state index contributed by atoms with van der Waals surface area (Å²) in [7, 11) is 0. The lowest BCUT2D eigenvalue weighted by atomic mass is 9.68. The van der Waals surface area contributed by atoms with Gasteiger partial charge in [-0.3, -0.25) is 0 Å². The highest BCUT2D eigenvalue weighted by molar-refractivity contribution is 6.22. The van der Waals surface area contributed by atoms with Crippen LogP contribution in [-0.4, -0.2) is 0 Å². The molecule has 4 heteroatoms. The summed E-state index contributed by atoms with van der Waals surface area (Å²) < 4.78 is 20.8. The Bertz CT molecular complexity index is 7730. The maximum atomic E-state index is 7.23. The van der Waals surface area contributed by atoms with Crippen molar-refractivity contribution in [2.45, 2.75) is 87.9 Å². The lowest BCUT2D eigenvalue weighted by molar-refractivity contribution is 0.600. The average Bonchev–Trinajstić information content (AvgIpc) is 2.25. The third-order valence-corrected chi connectivity index (χ3v) is 29.4. The molecule has 0 amide bonds. The summed E-state index contributed by atoms with van der Waals surface area (Å²) >= 11 is 0. The van der Waals surface area contributed by atoms with Crippen molar-refractivity contribution >= 4 is 82.9 Å². The second-order valence-electron chi connectivity index (χ2n) is 35.9. The molecule has 0 saturated heterocycles. The molecule has 114 heavy (non-hydrogen) atoms. The van der Waals surface area contributed by atoms with Crippen molar-refractivity contribution in [2.24, 2.45) is 0 Å². The second-order valence-corrected chi connectivity index (χ2v) is 35.9. The van der Waals surface area contributed by atoms with Gasteiger partial charge in [-0.1, -0.05) is 262 Å². The molecule has 8 aliphatic carbocycles. The number of para-hydroxylation sites is 3. The van der Waals surface area contributed by atoms with Crippen molar-refractivity contribution in [3.8, 4) is 89.0 Å². The zero-order valence-electron chi connectivity index (χ0n) is 64.5. The predicted molar refractivity (Wildman–Crippen MR) is 466 cm³/mol. The molecule has 0 unspecified atom stereocenters. The minimum atomic E-state index is -0.740. The number of hydrogen-bond donors (Lipinski definition) is 0.